The maximum absolute atomic E-state index is 12.7. The van der Waals surface area contributed by atoms with E-state index in [1.165, 1.54) is 13.2 Å². The second-order valence-electron chi connectivity index (χ2n) is 6.44. The molecule has 0 saturated heterocycles. The average Bonchev–Trinajstić information content (AvgIpc) is 2.58. The van der Waals surface area contributed by atoms with Gasteiger partial charge in [0.1, 0.15) is 28.1 Å². The molecule has 0 spiro atoms. The Kier molecular flexibility index (Phi) is 8.68. The van der Waals surface area contributed by atoms with Crippen LogP contribution in [0.25, 0.3) is 0 Å². The highest BCUT2D eigenvalue weighted by atomic mass is 32.2. The highest BCUT2D eigenvalue weighted by molar-refractivity contribution is 7.90. The summed E-state index contributed by atoms with van der Waals surface area (Å²) in [7, 11) is -2.11. The number of allylic oxidation sites excluding steroid dienone is 1. The van der Waals surface area contributed by atoms with E-state index < -0.39 is 39.2 Å². The van der Waals surface area contributed by atoms with Gasteiger partial charge in [0.2, 0.25) is 0 Å². The van der Waals surface area contributed by atoms with Crippen LogP contribution in [0.5, 0.6) is 0 Å². The van der Waals surface area contributed by atoms with E-state index in [4.69, 9.17) is 9.57 Å². The quantitative estimate of drug-likeness (QED) is 0.195. The number of ether oxygens (including phenoxy) is 1. The van der Waals surface area contributed by atoms with Gasteiger partial charge in [-0.3, -0.25) is 9.59 Å². The normalized spacial score (nSPS) is 21.1. The molecule has 0 bridgehead atoms. The Hall–Kier alpha value is -2.16. The molecule has 2 unspecified atom stereocenters. The van der Waals surface area contributed by atoms with Gasteiger partial charge < -0.3 is 14.7 Å². The molecule has 1 rings (SSSR count). The van der Waals surface area contributed by atoms with Crippen LogP contribution in [0.3, 0.4) is 0 Å². The van der Waals surface area contributed by atoms with Crippen LogP contribution < -0.4 is 0 Å². The zero-order valence-corrected chi connectivity index (χ0v) is 16.8. The number of oxime groups is 1. The van der Waals surface area contributed by atoms with E-state index in [0.717, 1.165) is 6.26 Å². The Morgan fingerprint density at radius 2 is 2.11 bits per heavy atom. The summed E-state index contributed by atoms with van der Waals surface area (Å²) in [5.74, 6) is -3.55. The third-order valence-electron chi connectivity index (χ3n) is 4.21. The smallest absolute Gasteiger partial charge is 0.316 e. The number of sulfone groups is 1. The van der Waals surface area contributed by atoms with E-state index >= 15 is 0 Å². The van der Waals surface area contributed by atoms with E-state index in [1.54, 1.807) is 0 Å². The van der Waals surface area contributed by atoms with Crippen LogP contribution in [0.2, 0.25) is 0 Å². The number of nitrogens with zero attached hydrogens (tertiary/aromatic N) is 1. The highest BCUT2D eigenvalue weighted by Gasteiger charge is 2.43. The van der Waals surface area contributed by atoms with Crippen molar-refractivity contribution in [3.63, 3.8) is 0 Å². The maximum Gasteiger partial charge on any atom is 0.316 e. The number of ketones is 1. The van der Waals surface area contributed by atoms with Gasteiger partial charge in [-0.1, -0.05) is 31.2 Å². The van der Waals surface area contributed by atoms with Gasteiger partial charge in [0.15, 0.2) is 5.78 Å². The van der Waals surface area contributed by atoms with Crippen LogP contribution in [-0.4, -0.2) is 56.7 Å². The van der Waals surface area contributed by atoms with Crippen LogP contribution >= 0.6 is 0 Å². The molecule has 27 heavy (non-hydrogen) atoms. The average molecular weight is 401 g/mol. The molecule has 0 aliphatic heterocycles. The zero-order valence-electron chi connectivity index (χ0n) is 15.9. The zero-order chi connectivity index (χ0) is 20.6. The van der Waals surface area contributed by atoms with Gasteiger partial charge in [-0.25, -0.2) is 8.42 Å². The van der Waals surface area contributed by atoms with E-state index in [0.29, 0.717) is 12.8 Å². The molecular weight excluding hydrogens is 374 g/mol. The lowest BCUT2D eigenvalue weighted by Crippen LogP contribution is -2.37. The van der Waals surface area contributed by atoms with Crippen LogP contribution in [0.15, 0.2) is 29.1 Å². The predicted octanol–water partition coefficient (Wildman–Crippen LogP) is 1.97. The minimum atomic E-state index is -3.28. The molecule has 9 heteroatoms. The number of carbonyl (C=O) groups excluding carboxylic acids is 2. The van der Waals surface area contributed by atoms with Crippen LogP contribution in [-0.2, 0) is 29.0 Å². The number of Topliss-reactive ketones (excluding diaryl/α,β-unsaturated/α-hetero) is 1. The molecule has 0 aromatic carbocycles. The number of aliphatic hydroxyl groups is 1. The molecule has 0 aromatic heterocycles. The SMILES string of the molecule is C=CCO/N=C(/CCC)C1=C(O)C(C(=O)OC)C(CCS(C)(=O)=O)CC1=O. The fraction of sp³-hybridized carbons (Fsp3) is 0.611. The number of hydrogen-bond acceptors (Lipinski definition) is 8. The van der Waals surface area contributed by atoms with E-state index in [9.17, 15) is 23.1 Å². The lowest BCUT2D eigenvalue weighted by atomic mass is 9.75. The molecule has 0 saturated carbocycles. The molecule has 152 valence electrons. The molecule has 0 radical (unpaired) electrons. The first kappa shape index (κ1) is 22.9. The summed E-state index contributed by atoms with van der Waals surface area (Å²) in [6.45, 7) is 5.52. The summed E-state index contributed by atoms with van der Waals surface area (Å²) in [4.78, 5) is 30.0. The predicted molar refractivity (Wildman–Crippen MR) is 101 cm³/mol. The van der Waals surface area contributed by atoms with Crippen molar-refractivity contribution >= 4 is 27.3 Å². The van der Waals surface area contributed by atoms with Gasteiger partial charge >= 0.3 is 5.97 Å². The van der Waals surface area contributed by atoms with Crippen LogP contribution in [0, 0.1) is 11.8 Å². The van der Waals surface area contributed by atoms with E-state index in [2.05, 4.69) is 11.7 Å². The summed E-state index contributed by atoms with van der Waals surface area (Å²) in [5, 5.41) is 14.6. The van der Waals surface area contributed by atoms with Crippen molar-refractivity contribution in [3.05, 3.63) is 24.0 Å². The monoisotopic (exact) mass is 401 g/mol. The third-order valence-corrected chi connectivity index (χ3v) is 5.18. The lowest BCUT2D eigenvalue weighted by molar-refractivity contribution is -0.147. The Balaban J connectivity index is 3.33. The fourth-order valence-corrected chi connectivity index (χ4v) is 3.71. The molecule has 0 amide bonds. The Morgan fingerprint density at radius 1 is 1.44 bits per heavy atom. The van der Waals surface area contributed by atoms with Crippen molar-refractivity contribution < 1.29 is 32.7 Å². The molecule has 8 nitrogen and oxygen atoms in total. The molecule has 1 N–H and O–H groups in total. The van der Waals surface area contributed by atoms with Gasteiger partial charge in [-0.15, -0.1) is 0 Å². The second-order valence-corrected chi connectivity index (χ2v) is 8.70. The molecule has 1 aliphatic rings. The van der Waals surface area contributed by atoms with Crippen LogP contribution in [0.4, 0.5) is 0 Å². The molecule has 0 fully saturated rings. The first-order valence-corrected chi connectivity index (χ1v) is 10.7. The van der Waals surface area contributed by atoms with Crippen molar-refractivity contribution in [1.29, 1.82) is 0 Å². The molecule has 1 aliphatic carbocycles. The molecular formula is C18H27NO7S. The summed E-state index contributed by atoms with van der Waals surface area (Å²) in [6, 6.07) is 0. The van der Waals surface area contributed by atoms with E-state index in [1.807, 2.05) is 6.92 Å². The minimum absolute atomic E-state index is 0.0492. The number of rotatable bonds is 10. The second kappa shape index (κ2) is 10.2. The van der Waals surface area contributed by atoms with Gasteiger partial charge in [0, 0.05) is 12.7 Å². The summed E-state index contributed by atoms with van der Waals surface area (Å²) < 4.78 is 27.7. The first-order chi connectivity index (χ1) is 12.7. The van der Waals surface area contributed by atoms with Crippen molar-refractivity contribution in [2.24, 2.45) is 17.0 Å². The third kappa shape index (κ3) is 6.50. The number of hydrogen-bond donors (Lipinski definition) is 1. The molecule has 2 atom stereocenters. The number of carbonyl (C=O) groups is 2. The van der Waals surface area contributed by atoms with E-state index in [-0.39, 0.29) is 36.5 Å². The lowest BCUT2D eigenvalue weighted by Gasteiger charge is -2.30. The largest absolute Gasteiger partial charge is 0.511 e. The van der Waals surface area contributed by atoms with Crippen molar-refractivity contribution in [2.75, 3.05) is 25.7 Å². The highest BCUT2D eigenvalue weighted by Crippen LogP contribution is 2.36. The maximum atomic E-state index is 12.7. The summed E-state index contributed by atoms with van der Waals surface area (Å²) in [5.41, 5.74) is 0.198. The summed E-state index contributed by atoms with van der Waals surface area (Å²) in [6.07, 6.45) is 3.55. The molecule has 0 heterocycles. The number of aliphatic hydroxyl groups excluding tert-OH is 1. The first-order valence-electron chi connectivity index (χ1n) is 8.68. The molecule has 0 aromatic rings. The topological polar surface area (TPSA) is 119 Å². The van der Waals surface area contributed by atoms with Gasteiger partial charge in [0.25, 0.3) is 0 Å². The van der Waals surface area contributed by atoms with Crippen molar-refractivity contribution in [2.45, 2.75) is 32.6 Å². The minimum Gasteiger partial charge on any atom is -0.511 e. The van der Waals surface area contributed by atoms with Crippen LogP contribution in [0.1, 0.15) is 32.6 Å². The number of esters is 1. The van der Waals surface area contributed by atoms with Gasteiger partial charge in [-0.2, -0.15) is 0 Å². The summed E-state index contributed by atoms with van der Waals surface area (Å²) >= 11 is 0. The standard InChI is InChI=1S/C18H27NO7S/c1-5-7-13(19-26-9-6-2)16-14(20)11-12(8-10-27(4,23)24)15(17(16)21)18(22)25-3/h6,12,15,21H,2,5,7-11H2,1,3-4H3/b19-13-. The Bertz CT molecular complexity index is 737. The van der Waals surface area contributed by atoms with Gasteiger partial charge in [-0.05, 0) is 18.8 Å². The number of methoxy groups -OCH3 is 1. The Morgan fingerprint density at radius 3 is 2.63 bits per heavy atom. The van der Waals surface area contributed by atoms with Crippen molar-refractivity contribution in [1.82, 2.24) is 0 Å². The Labute approximate surface area is 159 Å². The fourth-order valence-electron chi connectivity index (χ4n) is 2.97. The van der Waals surface area contributed by atoms with Gasteiger partial charge in [0.05, 0.1) is 24.1 Å². The van der Waals surface area contributed by atoms with Crippen molar-refractivity contribution in [3.8, 4) is 0 Å².